The van der Waals surface area contributed by atoms with Gasteiger partial charge in [-0.15, -0.1) is 11.3 Å². The zero-order valence-electron chi connectivity index (χ0n) is 9.67. The van der Waals surface area contributed by atoms with Gasteiger partial charge in [-0.2, -0.15) is 4.98 Å². The largest absolute Gasteiger partial charge is 0.368 e. The van der Waals surface area contributed by atoms with Gasteiger partial charge < -0.3 is 11.1 Å². The number of rotatable bonds is 5. The van der Waals surface area contributed by atoms with E-state index in [1.54, 1.807) is 0 Å². The van der Waals surface area contributed by atoms with E-state index in [9.17, 15) is 8.42 Å². The van der Waals surface area contributed by atoms with E-state index in [0.29, 0.717) is 12.4 Å². The number of anilines is 2. The molecule has 7 nitrogen and oxygen atoms in total. The zero-order chi connectivity index (χ0) is 13.2. The van der Waals surface area contributed by atoms with E-state index < -0.39 is 10.0 Å². The van der Waals surface area contributed by atoms with Gasteiger partial charge in [0.15, 0.2) is 0 Å². The average molecular weight is 287 g/mol. The fourth-order valence-corrected chi connectivity index (χ4v) is 2.67. The van der Waals surface area contributed by atoms with Gasteiger partial charge in [0.1, 0.15) is 10.6 Å². The van der Waals surface area contributed by atoms with Crippen LogP contribution in [-0.4, -0.2) is 37.7 Å². The minimum Gasteiger partial charge on any atom is -0.368 e. The molecule has 0 fully saturated rings. The van der Waals surface area contributed by atoms with Crippen molar-refractivity contribution in [2.24, 2.45) is 0 Å². The Morgan fingerprint density at radius 2 is 2.17 bits per heavy atom. The summed E-state index contributed by atoms with van der Waals surface area (Å²) in [7, 11) is -3.16. The fourth-order valence-electron chi connectivity index (χ4n) is 1.42. The molecule has 4 N–H and O–H groups in total. The number of fused-ring (bicyclic) bond motifs is 1. The quantitative estimate of drug-likeness (QED) is 0.679. The summed E-state index contributed by atoms with van der Waals surface area (Å²) >= 11 is 1.48. The maximum Gasteiger partial charge on any atom is 0.223 e. The fraction of sp³-hybridized carbons (Fsp3) is 0.333. The lowest BCUT2D eigenvalue weighted by Crippen LogP contribution is -2.27. The molecule has 0 saturated heterocycles. The summed E-state index contributed by atoms with van der Waals surface area (Å²) < 4.78 is 24.2. The summed E-state index contributed by atoms with van der Waals surface area (Å²) in [5.74, 6) is 0.817. The highest BCUT2D eigenvalue weighted by molar-refractivity contribution is 7.88. The van der Waals surface area contributed by atoms with Gasteiger partial charge in [-0.3, -0.25) is 0 Å². The molecule has 2 aromatic rings. The molecule has 0 saturated carbocycles. The molecule has 0 aliphatic carbocycles. The number of hydrogen-bond acceptors (Lipinski definition) is 7. The first-order chi connectivity index (χ1) is 8.46. The molecule has 0 aromatic carbocycles. The SMILES string of the molecule is CS(=O)(=O)NCCNc1nc(N)nc2sccc12. The first-order valence-electron chi connectivity index (χ1n) is 5.15. The van der Waals surface area contributed by atoms with Crippen LogP contribution in [0.5, 0.6) is 0 Å². The smallest absolute Gasteiger partial charge is 0.223 e. The maximum absolute atomic E-state index is 10.9. The van der Waals surface area contributed by atoms with E-state index in [1.807, 2.05) is 11.4 Å². The van der Waals surface area contributed by atoms with Crippen molar-refractivity contribution in [1.82, 2.24) is 14.7 Å². The van der Waals surface area contributed by atoms with Crippen LogP contribution in [0.1, 0.15) is 0 Å². The van der Waals surface area contributed by atoms with Crippen LogP contribution < -0.4 is 15.8 Å². The number of sulfonamides is 1. The summed E-state index contributed by atoms with van der Waals surface area (Å²) in [6.07, 6.45) is 1.12. The first-order valence-corrected chi connectivity index (χ1v) is 7.92. The van der Waals surface area contributed by atoms with Crippen molar-refractivity contribution in [3.8, 4) is 0 Å². The Balaban J connectivity index is 2.05. The molecule has 18 heavy (non-hydrogen) atoms. The molecule has 0 atom stereocenters. The minimum atomic E-state index is -3.16. The number of nitrogens with one attached hydrogen (secondary N) is 2. The van der Waals surface area contributed by atoms with Crippen molar-refractivity contribution >= 4 is 43.3 Å². The Labute approximate surface area is 108 Å². The van der Waals surface area contributed by atoms with Crippen LogP contribution in [0.2, 0.25) is 0 Å². The highest BCUT2D eigenvalue weighted by Gasteiger charge is 2.07. The van der Waals surface area contributed by atoms with E-state index in [-0.39, 0.29) is 12.5 Å². The maximum atomic E-state index is 10.9. The van der Waals surface area contributed by atoms with E-state index in [1.165, 1.54) is 11.3 Å². The van der Waals surface area contributed by atoms with E-state index in [0.717, 1.165) is 16.5 Å². The summed E-state index contributed by atoms with van der Waals surface area (Å²) in [5.41, 5.74) is 5.59. The summed E-state index contributed by atoms with van der Waals surface area (Å²) in [6, 6.07) is 1.89. The summed E-state index contributed by atoms with van der Waals surface area (Å²) in [5, 5.41) is 5.82. The van der Waals surface area contributed by atoms with Crippen molar-refractivity contribution in [3.05, 3.63) is 11.4 Å². The lowest BCUT2D eigenvalue weighted by atomic mass is 10.4. The summed E-state index contributed by atoms with van der Waals surface area (Å²) in [6.45, 7) is 0.711. The zero-order valence-corrected chi connectivity index (χ0v) is 11.3. The van der Waals surface area contributed by atoms with Crippen LogP contribution >= 0.6 is 11.3 Å². The Morgan fingerprint density at radius 1 is 1.39 bits per heavy atom. The molecule has 2 rings (SSSR count). The molecule has 0 radical (unpaired) electrons. The van der Waals surface area contributed by atoms with Crippen molar-refractivity contribution in [2.45, 2.75) is 0 Å². The Morgan fingerprint density at radius 3 is 2.89 bits per heavy atom. The molecule has 9 heteroatoms. The van der Waals surface area contributed by atoms with Crippen molar-refractivity contribution in [3.63, 3.8) is 0 Å². The molecule has 2 heterocycles. The minimum absolute atomic E-state index is 0.198. The van der Waals surface area contributed by atoms with Crippen LogP contribution in [0, 0.1) is 0 Å². The highest BCUT2D eigenvalue weighted by atomic mass is 32.2. The first kappa shape index (κ1) is 13.0. The highest BCUT2D eigenvalue weighted by Crippen LogP contribution is 2.25. The Kier molecular flexibility index (Phi) is 3.64. The van der Waals surface area contributed by atoms with Crippen LogP contribution in [0.15, 0.2) is 11.4 Å². The van der Waals surface area contributed by atoms with Gasteiger partial charge >= 0.3 is 0 Å². The van der Waals surface area contributed by atoms with Crippen molar-refractivity contribution in [2.75, 3.05) is 30.4 Å². The van der Waals surface area contributed by atoms with Gasteiger partial charge in [0.2, 0.25) is 16.0 Å². The molecule has 0 unspecified atom stereocenters. The number of thiophene rings is 1. The normalized spacial score (nSPS) is 11.8. The van der Waals surface area contributed by atoms with E-state index in [2.05, 4.69) is 20.0 Å². The van der Waals surface area contributed by atoms with Gasteiger partial charge in [0.25, 0.3) is 0 Å². The number of nitrogens with zero attached hydrogens (tertiary/aromatic N) is 2. The molecule has 2 aromatic heterocycles. The van der Waals surface area contributed by atoms with Crippen LogP contribution in [0.25, 0.3) is 10.2 Å². The lowest BCUT2D eigenvalue weighted by molar-refractivity contribution is 0.589. The number of nitrogens with two attached hydrogens (primary N) is 1. The number of aromatic nitrogens is 2. The van der Waals surface area contributed by atoms with Crippen molar-refractivity contribution < 1.29 is 8.42 Å². The molecule has 0 bridgehead atoms. The predicted octanol–water partition coefficient (Wildman–Crippen LogP) is 0.235. The molecule has 98 valence electrons. The van der Waals surface area contributed by atoms with Crippen molar-refractivity contribution in [1.29, 1.82) is 0 Å². The molecule has 0 aliphatic heterocycles. The molecular weight excluding hydrogens is 274 g/mol. The second kappa shape index (κ2) is 5.04. The monoisotopic (exact) mass is 287 g/mol. The number of hydrogen-bond donors (Lipinski definition) is 3. The Bertz CT molecular complexity index is 652. The second-order valence-electron chi connectivity index (χ2n) is 3.66. The third-order valence-electron chi connectivity index (χ3n) is 2.12. The molecule has 0 amide bonds. The molecule has 0 spiro atoms. The van der Waals surface area contributed by atoms with E-state index >= 15 is 0 Å². The third kappa shape index (κ3) is 3.28. The van der Waals surface area contributed by atoms with Gasteiger partial charge in [0.05, 0.1) is 11.6 Å². The molecular formula is C9H13N5O2S2. The topological polar surface area (TPSA) is 110 Å². The number of nitrogen functional groups attached to an aromatic ring is 1. The third-order valence-corrected chi connectivity index (χ3v) is 3.66. The molecule has 0 aliphatic rings. The Hall–Kier alpha value is -1.45. The summed E-state index contributed by atoms with van der Waals surface area (Å²) in [4.78, 5) is 9.00. The average Bonchev–Trinajstić information content (AvgIpc) is 2.70. The van der Waals surface area contributed by atoms with Crippen LogP contribution in [0.4, 0.5) is 11.8 Å². The van der Waals surface area contributed by atoms with Gasteiger partial charge in [-0.1, -0.05) is 0 Å². The lowest BCUT2D eigenvalue weighted by Gasteiger charge is -2.07. The second-order valence-corrected chi connectivity index (χ2v) is 6.39. The van der Waals surface area contributed by atoms with Gasteiger partial charge in [0, 0.05) is 13.1 Å². The predicted molar refractivity (Wildman–Crippen MR) is 73.2 cm³/mol. The standard InChI is InChI=1S/C9H13N5O2S2/c1-18(15,16)12-4-3-11-7-6-2-5-17-8(6)14-9(10)13-7/h2,5,12H,3-4H2,1H3,(H3,10,11,13,14). The van der Waals surface area contributed by atoms with Gasteiger partial charge in [-0.05, 0) is 11.4 Å². The van der Waals surface area contributed by atoms with Crippen LogP contribution in [0.3, 0.4) is 0 Å². The van der Waals surface area contributed by atoms with E-state index in [4.69, 9.17) is 5.73 Å². The van der Waals surface area contributed by atoms with Gasteiger partial charge in [-0.25, -0.2) is 18.1 Å². The van der Waals surface area contributed by atoms with Crippen LogP contribution in [-0.2, 0) is 10.0 Å².